The molecule has 26 heavy (non-hydrogen) atoms. The Bertz CT molecular complexity index is 716. The maximum absolute atomic E-state index is 12.3. The van der Waals surface area contributed by atoms with Crippen molar-refractivity contribution in [2.45, 2.75) is 18.9 Å². The van der Waals surface area contributed by atoms with E-state index in [-0.39, 0.29) is 11.9 Å². The summed E-state index contributed by atoms with van der Waals surface area (Å²) in [6.45, 7) is 3.55. The Labute approximate surface area is 163 Å². The fraction of sp³-hybridized carbons (Fsp3) is 0.421. The standard InChI is InChI=1S/C19H22Cl2N2O3/c20-15-5-3-14(12-16(15)21)4-6-19(24)22-13-17(18-2-1-9-26-18)23-7-10-25-11-8-23/h1-3,5,9,12,17H,4,6-8,10-11,13H2,(H,22,24). The molecule has 140 valence electrons. The lowest BCUT2D eigenvalue weighted by atomic mass is 10.1. The molecule has 3 rings (SSSR count). The van der Waals surface area contributed by atoms with Crippen molar-refractivity contribution in [3.05, 3.63) is 58.0 Å². The van der Waals surface area contributed by atoms with Gasteiger partial charge in [0.2, 0.25) is 5.91 Å². The number of rotatable bonds is 7. The summed E-state index contributed by atoms with van der Waals surface area (Å²) in [7, 11) is 0. The molecule has 0 bridgehead atoms. The predicted molar refractivity (Wildman–Crippen MR) is 102 cm³/mol. The molecular weight excluding hydrogens is 375 g/mol. The average molecular weight is 397 g/mol. The van der Waals surface area contributed by atoms with E-state index in [4.69, 9.17) is 32.4 Å². The van der Waals surface area contributed by atoms with Crippen molar-refractivity contribution in [3.8, 4) is 0 Å². The fourth-order valence-electron chi connectivity index (χ4n) is 3.03. The van der Waals surface area contributed by atoms with Crippen LogP contribution in [0.25, 0.3) is 0 Å². The van der Waals surface area contributed by atoms with Crippen LogP contribution in [0.4, 0.5) is 0 Å². The molecule has 1 aromatic carbocycles. The molecular formula is C19H22Cl2N2O3. The minimum absolute atomic E-state index is 0.000822. The number of hydrogen-bond acceptors (Lipinski definition) is 4. The van der Waals surface area contributed by atoms with Crippen molar-refractivity contribution < 1.29 is 13.9 Å². The number of ether oxygens (including phenoxy) is 1. The molecule has 1 aliphatic heterocycles. The van der Waals surface area contributed by atoms with Crippen LogP contribution in [-0.4, -0.2) is 43.7 Å². The van der Waals surface area contributed by atoms with Gasteiger partial charge in [-0.2, -0.15) is 0 Å². The first kappa shape index (κ1) is 19.2. The third kappa shape index (κ3) is 5.24. The molecule has 2 aromatic rings. The molecule has 1 atom stereocenters. The maximum Gasteiger partial charge on any atom is 0.220 e. The Kier molecular flexibility index (Phi) is 6.97. The number of halogens is 2. The number of carbonyl (C=O) groups is 1. The highest BCUT2D eigenvalue weighted by Crippen LogP contribution is 2.24. The Morgan fingerprint density at radius 2 is 2.00 bits per heavy atom. The summed E-state index contributed by atoms with van der Waals surface area (Å²) in [5, 5.41) is 4.05. The van der Waals surface area contributed by atoms with Gasteiger partial charge in [-0.3, -0.25) is 9.69 Å². The van der Waals surface area contributed by atoms with E-state index in [2.05, 4.69) is 10.2 Å². The lowest BCUT2D eigenvalue weighted by Gasteiger charge is -2.33. The number of furan rings is 1. The van der Waals surface area contributed by atoms with Crippen molar-refractivity contribution in [3.63, 3.8) is 0 Å². The van der Waals surface area contributed by atoms with Gasteiger partial charge in [0.25, 0.3) is 0 Å². The quantitative estimate of drug-likeness (QED) is 0.774. The van der Waals surface area contributed by atoms with Crippen LogP contribution in [-0.2, 0) is 16.0 Å². The first-order valence-corrected chi connectivity index (χ1v) is 9.45. The van der Waals surface area contributed by atoms with Gasteiger partial charge in [0, 0.05) is 26.1 Å². The van der Waals surface area contributed by atoms with Crippen molar-refractivity contribution in [2.75, 3.05) is 32.8 Å². The summed E-state index contributed by atoms with van der Waals surface area (Å²) in [6.07, 6.45) is 2.67. The highest BCUT2D eigenvalue weighted by atomic mass is 35.5. The van der Waals surface area contributed by atoms with Gasteiger partial charge in [0.1, 0.15) is 5.76 Å². The van der Waals surface area contributed by atoms with Gasteiger partial charge < -0.3 is 14.5 Å². The number of nitrogens with one attached hydrogen (secondary N) is 1. The van der Waals surface area contributed by atoms with E-state index < -0.39 is 0 Å². The number of carbonyl (C=O) groups excluding carboxylic acids is 1. The molecule has 1 N–H and O–H groups in total. The van der Waals surface area contributed by atoms with E-state index in [1.807, 2.05) is 18.2 Å². The third-order valence-electron chi connectivity index (χ3n) is 4.48. The van der Waals surface area contributed by atoms with Crippen LogP contribution < -0.4 is 5.32 Å². The van der Waals surface area contributed by atoms with E-state index in [9.17, 15) is 4.79 Å². The normalized spacial score (nSPS) is 16.4. The van der Waals surface area contributed by atoms with Crippen molar-refractivity contribution in [1.29, 1.82) is 0 Å². The van der Waals surface area contributed by atoms with E-state index >= 15 is 0 Å². The van der Waals surface area contributed by atoms with Crippen LogP contribution in [0.1, 0.15) is 23.8 Å². The lowest BCUT2D eigenvalue weighted by Crippen LogP contribution is -2.43. The van der Waals surface area contributed by atoms with Crippen molar-refractivity contribution >= 4 is 29.1 Å². The largest absolute Gasteiger partial charge is 0.468 e. The van der Waals surface area contributed by atoms with Crippen molar-refractivity contribution in [2.24, 2.45) is 0 Å². The van der Waals surface area contributed by atoms with Crippen LogP contribution in [0.2, 0.25) is 10.0 Å². The molecule has 1 aromatic heterocycles. The Morgan fingerprint density at radius 1 is 1.19 bits per heavy atom. The lowest BCUT2D eigenvalue weighted by molar-refractivity contribution is -0.121. The molecule has 1 saturated heterocycles. The van der Waals surface area contributed by atoms with E-state index in [1.165, 1.54) is 0 Å². The second-order valence-electron chi connectivity index (χ2n) is 6.23. The second-order valence-corrected chi connectivity index (χ2v) is 7.05. The van der Waals surface area contributed by atoms with Crippen LogP contribution in [0, 0.1) is 0 Å². The third-order valence-corrected chi connectivity index (χ3v) is 5.21. The minimum atomic E-state index is 0.000822. The predicted octanol–water partition coefficient (Wildman–Crippen LogP) is 3.71. The molecule has 5 nitrogen and oxygen atoms in total. The Hall–Kier alpha value is -1.53. The van der Waals surface area contributed by atoms with Crippen LogP contribution >= 0.6 is 23.2 Å². The zero-order chi connectivity index (χ0) is 18.4. The molecule has 1 amide bonds. The summed E-state index contributed by atoms with van der Waals surface area (Å²) < 4.78 is 11.0. The number of aryl methyl sites for hydroxylation is 1. The summed E-state index contributed by atoms with van der Waals surface area (Å²) in [5.74, 6) is 0.859. The molecule has 1 fully saturated rings. The highest BCUT2D eigenvalue weighted by Gasteiger charge is 2.25. The van der Waals surface area contributed by atoms with E-state index in [0.717, 1.165) is 24.4 Å². The van der Waals surface area contributed by atoms with E-state index in [1.54, 1.807) is 18.4 Å². The Balaban J connectivity index is 1.52. The van der Waals surface area contributed by atoms with Crippen LogP contribution in [0.5, 0.6) is 0 Å². The monoisotopic (exact) mass is 396 g/mol. The topological polar surface area (TPSA) is 54.7 Å². The zero-order valence-corrected chi connectivity index (χ0v) is 15.9. The number of benzene rings is 1. The summed E-state index contributed by atoms with van der Waals surface area (Å²) in [6, 6.07) is 9.28. The van der Waals surface area contributed by atoms with Crippen LogP contribution in [0.15, 0.2) is 41.0 Å². The number of morpholine rings is 1. The van der Waals surface area contributed by atoms with Gasteiger partial charge in [0.15, 0.2) is 0 Å². The first-order valence-electron chi connectivity index (χ1n) is 8.69. The SMILES string of the molecule is O=C(CCc1ccc(Cl)c(Cl)c1)NCC(c1ccco1)N1CCOCC1. The minimum Gasteiger partial charge on any atom is -0.468 e. The van der Waals surface area contributed by atoms with Crippen molar-refractivity contribution in [1.82, 2.24) is 10.2 Å². The maximum atomic E-state index is 12.3. The Morgan fingerprint density at radius 3 is 2.69 bits per heavy atom. The molecule has 2 heterocycles. The molecule has 0 aliphatic carbocycles. The summed E-state index contributed by atoms with van der Waals surface area (Å²) >= 11 is 11.9. The number of nitrogens with zero attached hydrogens (tertiary/aromatic N) is 1. The molecule has 0 radical (unpaired) electrons. The molecule has 0 saturated carbocycles. The average Bonchev–Trinajstić information content (AvgIpc) is 3.18. The van der Waals surface area contributed by atoms with Crippen LogP contribution in [0.3, 0.4) is 0 Å². The number of hydrogen-bond donors (Lipinski definition) is 1. The molecule has 7 heteroatoms. The summed E-state index contributed by atoms with van der Waals surface area (Å²) in [4.78, 5) is 14.6. The van der Waals surface area contributed by atoms with Gasteiger partial charge in [0.05, 0.1) is 35.6 Å². The van der Waals surface area contributed by atoms with Gasteiger partial charge in [-0.05, 0) is 36.2 Å². The van der Waals surface area contributed by atoms with E-state index in [0.29, 0.717) is 42.6 Å². The highest BCUT2D eigenvalue weighted by molar-refractivity contribution is 6.42. The molecule has 0 spiro atoms. The fourth-order valence-corrected chi connectivity index (χ4v) is 3.35. The van der Waals surface area contributed by atoms with Gasteiger partial charge in [-0.25, -0.2) is 0 Å². The smallest absolute Gasteiger partial charge is 0.220 e. The number of amides is 1. The zero-order valence-electron chi connectivity index (χ0n) is 14.4. The van der Waals surface area contributed by atoms with Gasteiger partial charge >= 0.3 is 0 Å². The molecule has 1 unspecified atom stereocenters. The van der Waals surface area contributed by atoms with Gasteiger partial charge in [-0.1, -0.05) is 29.3 Å². The molecule has 1 aliphatic rings. The first-order chi connectivity index (χ1) is 12.6. The van der Waals surface area contributed by atoms with Gasteiger partial charge in [-0.15, -0.1) is 0 Å². The summed E-state index contributed by atoms with van der Waals surface area (Å²) in [5.41, 5.74) is 0.991. The second kappa shape index (κ2) is 9.42.